The number of nitrogens with two attached hydrogens (primary N) is 1. The molecule has 0 aromatic heterocycles. The van der Waals surface area contributed by atoms with Gasteiger partial charge in [0.25, 0.3) is 0 Å². The molecule has 1 rings (SSSR count). The molecule has 19 heavy (non-hydrogen) atoms. The van der Waals surface area contributed by atoms with Crippen LogP contribution in [0.25, 0.3) is 0 Å². The Labute approximate surface area is 108 Å². The first-order valence-corrected chi connectivity index (χ1v) is 5.67. The second kappa shape index (κ2) is 6.98. The van der Waals surface area contributed by atoms with Crippen LogP contribution in [0.5, 0.6) is 0 Å². The van der Waals surface area contributed by atoms with E-state index in [1.807, 2.05) is 0 Å². The lowest BCUT2D eigenvalue weighted by atomic mass is 10.2. The molecule has 0 unspecified atom stereocenters. The normalized spacial score (nSPS) is 11.3. The van der Waals surface area contributed by atoms with Gasteiger partial charge in [0.2, 0.25) is 5.91 Å². The third-order valence-electron chi connectivity index (χ3n) is 2.23. The van der Waals surface area contributed by atoms with Crippen LogP contribution in [-0.4, -0.2) is 31.8 Å². The van der Waals surface area contributed by atoms with E-state index >= 15 is 0 Å². The maximum atomic E-state index is 11.8. The highest BCUT2D eigenvalue weighted by Crippen LogP contribution is 2.14. The lowest BCUT2D eigenvalue weighted by Crippen LogP contribution is -2.18. The summed E-state index contributed by atoms with van der Waals surface area (Å²) in [7, 11) is 0. The fourth-order valence-electron chi connectivity index (χ4n) is 1.35. The summed E-state index contributed by atoms with van der Waals surface area (Å²) < 4.78 is 39.7. The van der Waals surface area contributed by atoms with E-state index in [-0.39, 0.29) is 6.61 Å². The zero-order valence-corrected chi connectivity index (χ0v) is 10.2. The number of hydrogen-bond donors (Lipinski definition) is 2. The minimum atomic E-state index is -4.28. The predicted molar refractivity (Wildman–Crippen MR) is 64.9 cm³/mol. The molecule has 7 heteroatoms. The van der Waals surface area contributed by atoms with Crippen LogP contribution in [0.3, 0.4) is 0 Å². The van der Waals surface area contributed by atoms with E-state index in [0.29, 0.717) is 18.5 Å². The van der Waals surface area contributed by atoms with Crippen LogP contribution in [-0.2, 0) is 4.74 Å². The van der Waals surface area contributed by atoms with Gasteiger partial charge in [0.05, 0.1) is 0 Å². The molecule has 0 fully saturated rings. The zero-order valence-electron chi connectivity index (χ0n) is 10.2. The fraction of sp³-hybridized carbons (Fsp3) is 0.417. The molecule has 0 atom stereocenters. The molecular weight excluding hydrogens is 261 g/mol. The first kappa shape index (κ1) is 15.3. The van der Waals surface area contributed by atoms with E-state index in [1.54, 1.807) is 24.3 Å². The Balaban J connectivity index is 2.17. The SMILES string of the molecule is NC(=O)c1ccc(NCCCOCC(F)(F)F)cc1. The van der Waals surface area contributed by atoms with Crippen molar-refractivity contribution in [1.82, 2.24) is 0 Å². The maximum Gasteiger partial charge on any atom is 0.411 e. The number of nitrogens with one attached hydrogen (secondary N) is 1. The van der Waals surface area contributed by atoms with Gasteiger partial charge in [-0.2, -0.15) is 13.2 Å². The number of carbonyl (C=O) groups excluding carboxylic acids is 1. The minimum Gasteiger partial charge on any atom is -0.385 e. The molecule has 0 saturated carbocycles. The highest BCUT2D eigenvalue weighted by Gasteiger charge is 2.27. The number of primary amides is 1. The number of amides is 1. The number of rotatable bonds is 7. The first-order valence-electron chi connectivity index (χ1n) is 5.67. The average molecular weight is 276 g/mol. The molecule has 0 aliphatic rings. The third kappa shape index (κ3) is 6.66. The molecule has 0 radical (unpaired) electrons. The first-order chi connectivity index (χ1) is 8.88. The topological polar surface area (TPSA) is 64.4 Å². The van der Waals surface area contributed by atoms with Crippen molar-refractivity contribution in [3.05, 3.63) is 29.8 Å². The zero-order chi connectivity index (χ0) is 14.3. The van der Waals surface area contributed by atoms with Crippen molar-refractivity contribution in [1.29, 1.82) is 0 Å². The molecule has 0 aliphatic heterocycles. The summed E-state index contributed by atoms with van der Waals surface area (Å²) in [6.07, 6.45) is -3.83. The average Bonchev–Trinajstić information content (AvgIpc) is 2.33. The largest absolute Gasteiger partial charge is 0.411 e. The highest BCUT2D eigenvalue weighted by molar-refractivity contribution is 5.93. The van der Waals surface area contributed by atoms with Gasteiger partial charge in [-0.3, -0.25) is 4.79 Å². The van der Waals surface area contributed by atoms with Crippen molar-refractivity contribution in [2.24, 2.45) is 5.73 Å². The number of ether oxygens (including phenoxy) is 1. The lowest BCUT2D eigenvalue weighted by molar-refractivity contribution is -0.173. The van der Waals surface area contributed by atoms with E-state index in [1.165, 1.54) is 0 Å². The molecule has 4 nitrogen and oxygen atoms in total. The number of hydrogen-bond acceptors (Lipinski definition) is 3. The van der Waals surface area contributed by atoms with Gasteiger partial charge in [0, 0.05) is 24.4 Å². The van der Waals surface area contributed by atoms with Crippen molar-refractivity contribution in [3.63, 3.8) is 0 Å². The van der Waals surface area contributed by atoms with Gasteiger partial charge in [-0.05, 0) is 30.7 Å². The second-order valence-corrected chi connectivity index (χ2v) is 3.89. The van der Waals surface area contributed by atoms with Gasteiger partial charge < -0.3 is 15.8 Å². The van der Waals surface area contributed by atoms with Crippen LogP contribution in [0.2, 0.25) is 0 Å². The summed E-state index contributed by atoms with van der Waals surface area (Å²) in [4.78, 5) is 10.8. The summed E-state index contributed by atoms with van der Waals surface area (Å²) in [6.45, 7) is -0.708. The van der Waals surface area contributed by atoms with Crippen LogP contribution in [0.4, 0.5) is 18.9 Å². The van der Waals surface area contributed by atoms with E-state index in [0.717, 1.165) is 5.69 Å². The minimum absolute atomic E-state index is 0.0336. The Hall–Kier alpha value is -1.76. The summed E-state index contributed by atoms with van der Waals surface area (Å²) >= 11 is 0. The molecule has 1 aromatic carbocycles. The van der Waals surface area contributed by atoms with Crippen molar-refractivity contribution < 1.29 is 22.7 Å². The van der Waals surface area contributed by atoms with Gasteiger partial charge in [-0.1, -0.05) is 0 Å². The Morgan fingerprint density at radius 3 is 2.42 bits per heavy atom. The van der Waals surface area contributed by atoms with Crippen LogP contribution >= 0.6 is 0 Å². The Kier molecular flexibility index (Phi) is 5.62. The molecule has 0 bridgehead atoms. The van der Waals surface area contributed by atoms with Gasteiger partial charge in [0.1, 0.15) is 6.61 Å². The van der Waals surface area contributed by atoms with Crippen molar-refractivity contribution in [3.8, 4) is 0 Å². The molecule has 1 aromatic rings. The molecule has 1 amide bonds. The number of halogens is 3. The number of anilines is 1. The quantitative estimate of drug-likeness (QED) is 0.750. The van der Waals surface area contributed by atoms with E-state index in [4.69, 9.17) is 5.73 Å². The smallest absolute Gasteiger partial charge is 0.385 e. The van der Waals surface area contributed by atoms with Crippen LogP contribution in [0.1, 0.15) is 16.8 Å². The molecule has 0 heterocycles. The standard InChI is InChI=1S/C12H15F3N2O2/c13-12(14,15)8-19-7-1-6-17-10-4-2-9(3-5-10)11(16)18/h2-5,17H,1,6-8H2,(H2,16,18). The second-order valence-electron chi connectivity index (χ2n) is 3.89. The number of alkyl halides is 3. The van der Waals surface area contributed by atoms with E-state index in [2.05, 4.69) is 10.1 Å². The Morgan fingerprint density at radius 1 is 1.26 bits per heavy atom. The predicted octanol–water partition coefficient (Wildman–Crippen LogP) is 2.17. The Morgan fingerprint density at radius 2 is 1.89 bits per heavy atom. The summed E-state index contributed by atoms with van der Waals surface area (Å²) in [5.74, 6) is -0.507. The number of benzene rings is 1. The van der Waals surface area contributed by atoms with Crippen molar-refractivity contribution >= 4 is 11.6 Å². The van der Waals surface area contributed by atoms with E-state index < -0.39 is 18.7 Å². The van der Waals surface area contributed by atoms with Crippen LogP contribution < -0.4 is 11.1 Å². The van der Waals surface area contributed by atoms with Gasteiger partial charge in [0.15, 0.2) is 0 Å². The monoisotopic (exact) mass is 276 g/mol. The van der Waals surface area contributed by atoms with Gasteiger partial charge in [-0.15, -0.1) is 0 Å². The van der Waals surface area contributed by atoms with E-state index in [9.17, 15) is 18.0 Å². The molecule has 0 aliphatic carbocycles. The number of carbonyl (C=O) groups is 1. The lowest BCUT2D eigenvalue weighted by Gasteiger charge is -2.09. The fourth-order valence-corrected chi connectivity index (χ4v) is 1.35. The van der Waals surface area contributed by atoms with Crippen LogP contribution in [0, 0.1) is 0 Å². The third-order valence-corrected chi connectivity index (χ3v) is 2.23. The maximum absolute atomic E-state index is 11.8. The summed E-state index contributed by atoms with van der Waals surface area (Å²) in [5, 5.41) is 3.00. The van der Waals surface area contributed by atoms with Crippen LogP contribution in [0.15, 0.2) is 24.3 Å². The highest BCUT2D eigenvalue weighted by atomic mass is 19.4. The molecule has 0 saturated heterocycles. The molecular formula is C12H15F3N2O2. The van der Waals surface area contributed by atoms with Gasteiger partial charge >= 0.3 is 6.18 Å². The Bertz CT molecular complexity index is 404. The molecule has 3 N–H and O–H groups in total. The van der Waals surface area contributed by atoms with Gasteiger partial charge in [-0.25, -0.2) is 0 Å². The van der Waals surface area contributed by atoms with Crippen molar-refractivity contribution in [2.45, 2.75) is 12.6 Å². The summed E-state index contributed by atoms with van der Waals surface area (Å²) in [5.41, 5.74) is 6.25. The molecule has 106 valence electrons. The van der Waals surface area contributed by atoms with Crippen molar-refractivity contribution in [2.75, 3.05) is 25.1 Å². The summed E-state index contributed by atoms with van der Waals surface area (Å²) in [6, 6.07) is 6.50. The molecule has 0 spiro atoms.